The number of thiazole rings is 1. The monoisotopic (exact) mass is 186 g/mol. The van der Waals surface area contributed by atoms with Gasteiger partial charge in [-0.15, -0.1) is 0 Å². The Balaban J connectivity index is 2.99. The van der Waals surface area contributed by atoms with Crippen LogP contribution in [0.1, 0.15) is 22.3 Å². The van der Waals surface area contributed by atoms with Crippen molar-refractivity contribution in [2.45, 2.75) is 13.5 Å². The first kappa shape index (κ1) is 9.15. The maximum absolute atomic E-state index is 11.0. The smallest absolute Gasteiger partial charge is 0.181 e. The van der Waals surface area contributed by atoms with Crippen molar-refractivity contribution in [3.8, 4) is 0 Å². The van der Waals surface area contributed by atoms with Crippen molar-refractivity contribution in [2.24, 2.45) is 0 Å². The molecule has 2 N–H and O–H groups in total. The third kappa shape index (κ3) is 1.80. The second-order valence-electron chi connectivity index (χ2n) is 2.32. The first-order chi connectivity index (χ1) is 5.65. The van der Waals surface area contributed by atoms with Crippen LogP contribution >= 0.6 is 11.3 Å². The average Bonchev–Trinajstić information content (AvgIpc) is 2.32. The third-order valence-electron chi connectivity index (χ3n) is 1.31. The zero-order valence-corrected chi connectivity index (χ0v) is 7.77. The number of ketones is 1. The third-order valence-corrected chi connectivity index (χ3v) is 2.34. The lowest BCUT2D eigenvalue weighted by Gasteiger charge is -1.94. The minimum Gasteiger partial charge on any atom is -0.378 e. The van der Waals surface area contributed by atoms with Crippen LogP contribution in [0.15, 0.2) is 0 Å². The zero-order valence-electron chi connectivity index (χ0n) is 6.96. The number of nitrogens with two attached hydrogens (primary N) is 1. The summed E-state index contributed by atoms with van der Waals surface area (Å²) in [5.74, 6) is -0.0174. The first-order valence-corrected chi connectivity index (χ1v) is 4.22. The first-order valence-electron chi connectivity index (χ1n) is 3.40. The van der Waals surface area contributed by atoms with Crippen molar-refractivity contribution in [1.29, 1.82) is 0 Å². The second-order valence-corrected chi connectivity index (χ2v) is 3.35. The van der Waals surface area contributed by atoms with Gasteiger partial charge < -0.3 is 10.5 Å². The molecule has 1 rings (SSSR count). The summed E-state index contributed by atoms with van der Waals surface area (Å²) in [5, 5.41) is 0.409. The van der Waals surface area contributed by atoms with Gasteiger partial charge in [-0.1, -0.05) is 11.3 Å². The molecule has 0 aromatic carbocycles. The predicted octanol–water partition coefficient (Wildman–Crippen LogP) is 1.07. The maximum atomic E-state index is 11.0. The van der Waals surface area contributed by atoms with Crippen LogP contribution in [0, 0.1) is 0 Å². The van der Waals surface area contributed by atoms with E-state index < -0.39 is 0 Å². The van der Waals surface area contributed by atoms with E-state index in [4.69, 9.17) is 10.5 Å². The molecule has 0 aliphatic heterocycles. The molecule has 1 aromatic rings. The molecule has 5 heteroatoms. The van der Waals surface area contributed by atoms with Gasteiger partial charge in [0.15, 0.2) is 10.9 Å². The van der Waals surface area contributed by atoms with Gasteiger partial charge in [0.2, 0.25) is 0 Å². The molecule has 0 aliphatic rings. The lowest BCUT2D eigenvalue weighted by molar-refractivity contribution is 0.101. The molecule has 0 bridgehead atoms. The Morgan fingerprint density at radius 2 is 2.42 bits per heavy atom. The number of carbonyl (C=O) groups excluding carboxylic acids is 1. The molecule has 4 nitrogen and oxygen atoms in total. The maximum Gasteiger partial charge on any atom is 0.181 e. The van der Waals surface area contributed by atoms with Gasteiger partial charge in [0.25, 0.3) is 0 Å². The molecule has 0 saturated carbocycles. The number of ether oxygens (including phenoxy) is 1. The minimum absolute atomic E-state index is 0.0174. The highest BCUT2D eigenvalue weighted by Crippen LogP contribution is 2.21. The molecule has 0 spiro atoms. The Morgan fingerprint density at radius 3 is 2.92 bits per heavy atom. The molecular weight excluding hydrogens is 176 g/mol. The lowest BCUT2D eigenvalue weighted by Crippen LogP contribution is -1.97. The van der Waals surface area contributed by atoms with Crippen LogP contribution in [0.4, 0.5) is 5.13 Å². The molecule has 0 amide bonds. The van der Waals surface area contributed by atoms with Crippen LogP contribution in [0.25, 0.3) is 0 Å². The van der Waals surface area contributed by atoms with E-state index in [9.17, 15) is 4.79 Å². The van der Waals surface area contributed by atoms with Gasteiger partial charge in [0.1, 0.15) is 0 Å². The van der Waals surface area contributed by atoms with Gasteiger partial charge in [0.05, 0.1) is 17.2 Å². The Hall–Kier alpha value is -0.940. The number of rotatable bonds is 3. The Morgan fingerprint density at radius 1 is 1.75 bits per heavy atom. The highest BCUT2D eigenvalue weighted by Gasteiger charge is 2.12. The van der Waals surface area contributed by atoms with Crippen LogP contribution in [-0.2, 0) is 11.3 Å². The summed E-state index contributed by atoms with van der Waals surface area (Å²) in [6.45, 7) is 1.83. The molecule has 0 aliphatic carbocycles. The number of hydrogen-bond donors (Lipinski definition) is 1. The molecule has 66 valence electrons. The molecule has 0 unspecified atom stereocenters. The lowest BCUT2D eigenvalue weighted by atomic mass is 10.3. The Kier molecular flexibility index (Phi) is 2.78. The number of methoxy groups -OCH3 is 1. The molecule has 0 radical (unpaired) electrons. The van der Waals surface area contributed by atoms with E-state index in [0.29, 0.717) is 22.3 Å². The fourth-order valence-electron chi connectivity index (χ4n) is 0.880. The van der Waals surface area contributed by atoms with E-state index >= 15 is 0 Å². The van der Waals surface area contributed by atoms with Crippen molar-refractivity contribution in [3.05, 3.63) is 10.6 Å². The summed E-state index contributed by atoms with van der Waals surface area (Å²) in [6, 6.07) is 0. The summed E-state index contributed by atoms with van der Waals surface area (Å²) < 4.78 is 4.87. The van der Waals surface area contributed by atoms with Crippen molar-refractivity contribution in [3.63, 3.8) is 0 Å². The van der Waals surface area contributed by atoms with Crippen molar-refractivity contribution in [2.75, 3.05) is 12.8 Å². The van der Waals surface area contributed by atoms with Crippen LogP contribution in [0.2, 0.25) is 0 Å². The largest absolute Gasteiger partial charge is 0.378 e. The predicted molar refractivity (Wildman–Crippen MR) is 47.2 cm³/mol. The molecule has 12 heavy (non-hydrogen) atoms. The normalized spacial score (nSPS) is 10.2. The number of carbonyl (C=O) groups is 1. The van der Waals surface area contributed by atoms with Gasteiger partial charge >= 0.3 is 0 Å². The summed E-state index contributed by atoms with van der Waals surface area (Å²) in [7, 11) is 1.56. The van der Waals surface area contributed by atoms with Crippen LogP contribution in [0.3, 0.4) is 0 Å². The van der Waals surface area contributed by atoms with Crippen LogP contribution in [0.5, 0.6) is 0 Å². The fraction of sp³-hybridized carbons (Fsp3) is 0.429. The van der Waals surface area contributed by atoms with E-state index in [1.807, 2.05) is 0 Å². The quantitative estimate of drug-likeness (QED) is 0.717. The molecular formula is C7H10N2O2S. The van der Waals surface area contributed by atoms with Crippen LogP contribution < -0.4 is 5.73 Å². The summed E-state index contributed by atoms with van der Waals surface area (Å²) in [5.41, 5.74) is 6.08. The van der Waals surface area contributed by atoms with E-state index in [2.05, 4.69) is 4.98 Å². The topological polar surface area (TPSA) is 65.2 Å². The standard InChI is InChI=1S/C7H10N2O2S/c1-4(10)6-5(3-11-2)9-7(8)12-6/h3H2,1-2H3,(H2,8,9). The number of Topliss-reactive ketones (excluding diaryl/α,β-unsaturated/α-hetero) is 1. The van der Waals surface area contributed by atoms with E-state index in [-0.39, 0.29) is 5.78 Å². The average molecular weight is 186 g/mol. The summed E-state index contributed by atoms with van der Waals surface area (Å²) in [6.07, 6.45) is 0. The Labute approximate surface area is 74.4 Å². The van der Waals surface area contributed by atoms with Gasteiger partial charge in [-0.2, -0.15) is 0 Å². The summed E-state index contributed by atoms with van der Waals surface area (Å²) >= 11 is 1.20. The molecule has 0 fully saturated rings. The molecule has 0 saturated heterocycles. The summed E-state index contributed by atoms with van der Waals surface area (Å²) in [4.78, 5) is 15.6. The number of aromatic nitrogens is 1. The number of nitrogens with zero attached hydrogens (tertiary/aromatic N) is 1. The van der Waals surface area contributed by atoms with Gasteiger partial charge in [-0.05, 0) is 0 Å². The number of nitrogen functional groups attached to an aromatic ring is 1. The Bertz CT molecular complexity index is 296. The SMILES string of the molecule is COCc1nc(N)sc1C(C)=O. The zero-order chi connectivity index (χ0) is 9.14. The van der Waals surface area contributed by atoms with Gasteiger partial charge in [0, 0.05) is 14.0 Å². The highest BCUT2D eigenvalue weighted by molar-refractivity contribution is 7.17. The van der Waals surface area contributed by atoms with E-state index in [0.717, 1.165) is 0 Å². The molecule has 1 aromatic heterocycles. The van der Waals surface area contributed by atoms with Gasteiger partial charge in [-0.3, -0.25) is 4.79 Å². The molecule has 1 heterocycles. The van der Waals surface area contributed by atoms with Crippen molar-refractivity contribution >= 4 is 22.3 Å². The fourth-order valence-corrected chi connectivity index (χ4v) is 1.61. The van der Waals surface area contributed by atoms with E-state index in [1.165, 1.54) is 18.3 Å². The van der Waals surface area contributed by atoms with E-state index in [1.54, 1.807) is 7.11 Å². The van der Waals surface area contributed by atoms with Crippen LogP contribution in [-0.4, -0.2) is 17.9 Å². The minimum atomic E-state index is -0.0174. The number of hydrogen-bond acceptors (Lipinski definition) is 5. The highest BCUT2D eigenvalue weighted by atomic mass is 32.1. The van der Waals surface area contributed by atoms with Gasteiger partial charge in [-0.25, -0.2) is 4.98 Å². The number of anilines is 1. The van der Waals surface area contributed by atoms with Crippen molar-refractivity contribution < 1.29 is 9.53 Å². The van der Waals surface area contributed by atoms with Crippen molar-refractivity contribution in [1.82, 2.24) is 4.98 Å². The second kappa shape index (κ2) is 3.64. The molecule has 0 atom stereocenters.